The Labute approximate surface area is 81.0 Å². The molecule has 0 aliphatic rings. The van der Waals surface area contributed by atoms with Gasteiger partial charge in [-0.15, -0.1) is 12.3 Å². The molecule has 0 amide bonds. The zero-order chi connectivity index (χ0) is 10.3. The highest BCUT2D eigenvalue weighted by Gasteiger charge is 2.32. The van der Waals surface area contributed by atoms with Crippen molar-refractivity contribution in [2.24, 2.45) is 0 Å². The molecule has 2 heteroatoms. The molecule has 0 aromatic heterocycles. The Kier molecular flexibility index (Phi) is 5.77. The lowest BCUT2D eigenvalue weighted by Crippen LogP contribution is -2.41. The standard InChI is InChI=1S/C11H20O2/c1-4-7-9-11(13,8-5-2)10(12)6-3/h1,10,12-13H,5-9H2,2-3H3. The Hall–Kier alpha value is -0.520. The van der Waals surface area contributed by atoms with Crippen molar-refractivity contribution in [1.29, 1.82) is 0 Å². The first kappa shape index (κ1) is 12.5. The van der Waals surface area contributed by atoms with Gasteiger partial charge in [-0.1, -0.05) is 20.3 Å². The summed E-state index contributed by atoms with van der Waals surface area (Å²) in [6, 6.07) is 0. The van der Waals surface area contributed by atoms with Gasteiger partial charge in [-0.05, 0) is 19.3 Å². The maximum atomic E-state index is 10.1. The van der Waals surface area contributed by atoms with Crippen molar-refractivity contribution >= 4 is 0 Å². The van der Waals surface area contributed by atoms with Crippen LogP contribution in [0.1, 0.15) is 46.0 Å². The Morgan fingerprint density at radius 3 is 2.38 bits per heavy atom. The molecule has 0 bridgehead atoms. The van der Waals surface area contributed by atoms with Gasteiger partial charge in [0.1, 0.15) is 0 Å². The van der Waals surface area contributed by atoms with Crippen LogP contribution < -0.4 is 0 Å². The van der Waals surface area contributed by atoms with E-state index in [1.807, 2.05) is 13.8 Å². The molecule has 0 heterocycles. The molecular formula is C11H20O2. The number of aliphatic hydroxyl groups excluding tert-OH is 1. The fourth-order valence-electron chi connectivity index (χ4n) is 1.56. The first-order chi connectivity index (χ1) is 6.10. The SMILES string of the molecule is C#CCCC(O)(CCC)C(O)CC. The number of hydrogen-bond acceptors (Lipinski definition) is 2. The fraction of sp³-hybridized carbons (Fsp3) is 0.818. The Bertz CT molecular complexity index is 171. The zero-order valence-electron chi connectivity index (χ0n) is 8.58. The van der Waals surface area contributed by atoms with Crippen LogP contribution in [0.2, 0.25) is 0 Å². The maximum absolute atomic E-state index is 10.1. The van der Waals surface area contributed by atoms with Crippen LogP contribution in [-0.4, -0.2) is 21.9 Å². The van der Waals surface area contributed by atoms with Gasteiger partial charge in [0.15, 0.2) is 0 Å². The summed E-state index contributed by atoms with van der Waals surface area (Å²) in [6.07, 6.45) is 7.54. The third-order valence-electron chi connectivity index (χ3n) is 2.39. The molecule has 0 aliphatic heterocycles. The Morgan fingerprint density at radius 2 is 2.00 bits per heavy atom. The second-order valence-corrected chi connectivity index (χ2v) is 3.48. The van der Waals surface area contributed by atoms with Crippen molar-refractivity contribution in [3.8, 4) is 12.3 Å². The topological polar surface area (TPSA) is 40.5 Å². The summed E-state index contributed by atoms with van der Waals surface area (Å²) in [7, 11) is 0. The molecule has 0 rings (SSSR count). The predicted octanol–water partition coefficient (Wildman–Crippen LogP) is 1.70. The summed E-state index contributed by atoms with van der Waals surface area (Å²) in [5.41, 5.74) is -0.976. The number of rotatable bonds is 6. The molecule has 0 aliphatic carbocycles. The van der Waals surface area contributed by atoms with E-state index in [9.17, 15) is 10.2 Å². The van der Waals surface area contributed by atoms with Crippen LogP contribution in [0.5, 0.6) is 0 Å². The second-order valence-electron chi connectivity index (χ2n) is 3.48. The minimum atomic E-state index is -0.976. The molecule has 2 unspecified atom stereocenters. The van der Waals surface area contributed by atoms with Crippen LogP contribution in [0.15, 0.2) is 0 Å². The van der Waals surface area contributed by atoms with E-state index in [1.165, 1.54) is 0 Å². The molecule has 0 radical (unpaired) electrons. The predicted molar refractivity (Wildman–Crippen MR) is 54.2 cm³/mol. The minimum absolute atomic E-state index is 0.492. The van der Waals surface area contributed by atoms with E-state index in [1.54, 1.807) is 0 Å². The summed E-state index contributed by atoms with van der Waals surface area (Å²) in [5.74, 6) is 2.49. The van der Waals surface area contributed by atoms with Crippen LogP contribution in [0.3, 0.4) is 0 Å². The molecule has 76 valence electrons. The van der Waals surface area contributed by atoms with Gasteiger partial charge < -0.3 is 10.2 Å². The number of aliphatic hydroxyl groups is 2. The van der Waals surface area contributed by atoms with Gasteiger partial charge in [0, 0.05) is 6.42 Å². The number of terminal acetylenes is 1. The molecule has 2 nitrogen and oxygen atoms in total. The van der Waals surface area contributed by atoms with E-state index in [0.29, 0.717) is 25.7 Å². The van der Waals surface area contributed by atoms with Crippen molar-refractivity contribution in [2.75, 3.05) is 0 Å². The van der Waals surface area contributed by atoms with E-state index >= 15 is 0 Å². The molecule has 2 atom stereocenters. The largest absolute Gasteiger partial charge is 0.390 e. The quantitative estimate of drug-likeness (QED) is 0.617. The smallest absolute Gasteiger partial charge is 0.0914 e. The number of hydrogen-bond donors (Lipinski definition) is 2. The average molecular weight is 184 g/mol. The molecule has 13 heavy (non-hydrogen) atoms. The minimum Gasteiger partial charge on any atom is -0.390 e. The van der Waals surface area contributed by atoms with E-state index in [-0.39, 0.29) is 0 Å². The van der Waals surface area contributed by atoms with Gasteiger partial charge in [0.25, 0.3) is 0 Å². The van der Waals surface area contributed by atoms with Crippen LogP contribution in [0.4, 0.5) is 0 Å². The van der Waals surface area contributed by atoms with Gasteiger partial charge in [0.05, 0.1) is 11.7 Å². The summed E-state index contributed by atoms with van der Waals surface area (Å²) in [4.78, 5) is 0. The van der Waals surface area contributed by atoms with Crippen LogP contribution in [-0.2, 0) is 0 Å². The molecule has 0 fully saturated rings. The first-order valence-corrected chi connectivity index (χ1v) is 4.94. The van der Waals surface area contributed by atoms with Crippen molar-refractivity contribution in [3.05, 3.63) is 0 Å². The lowest BCUT2D eigenvalue weighted by atomic mass is 9.86. The van der Waals surface area contributed by atoms with Gasteiger partial charge in [0.2, 0.25) is 0 Å². The maximum Gasteiger partial charge on any atom is 0.0914 e. The fourth-order valence-corrected chi connectivity index (χ4v) is 1.56. The first-order valence-electron chi connectivity index (χ1n) is 4.94. The van der Waals surface area contributed by atoms with E-state index < -0.39 is 11.7 Å². The molecule has 2 N–H and O–H groups in total. The van der Waals surface area contributed by atoms with Crippen LogP contribution >= 0.6 is 0 Å². The van der Waals surface area contributed by atoms with Crippen molar-refractivity contribution < 1.29 is 10.2 Å². The Balaban J connectivity index is 4.24. The van der Waals surface area contributed by atoms with Gasteiger partial charge >= 0.3 is 0 Å². The molecular weight excluding hydrogens is 164 g/mol. The van der Waals surface area contributed by atoms with Crippen LogP contribution in [0, 0.1) is 12.3 Å². The lowest BCUT2D eigenvalue weighted by Gasteiger charge is -2.31. The molecule has 0 aromatic carbocycles. The summed E-state index contributed by atoms with van der Waals surface area (Å²) < 4.78 is 0. The van der Waals surface area contributed by atoms with Crippen molar-refractivity contribution in [2.45, 2.75) is 57.7 Å². The van der Waals surface area contributed by atoms with Crippen molar-refractivity contribution in [1.82, 2.24) is 0 Å². The lowest BCUT2D eigenvalue weighted by molar-refractivity contribution is -0.0861. The Morgan fingerprint density at radius 1 is 1.38 bits per heavy atom. The summed E-state index contributed by atoms with van der Waals surface area (Å²) in [6.45, 7) is 3.85. The monoisotopic (exact) mass is 184 g/mol. The molecule has 0 saturated heterocycles. The third kappa shape index (κ3) is 3.80. The second kappa shape index (κ2) is 6.01. The summed E-state index contributed by atoms with van der Waals surface area (Å²) in [5, 5.41) is 19.7. The van der Waals surface area contributed by atoms with Crippen molar-refractivity contribution in [3.63, 3.8) is 0 Å². The average Bonchev–Trinajstić information content (AvgIpc) is 2.14. The normalized spacial score (nSPS) is 17.5. The molecule has 0 saturated carbocycles. The van der Waals surface area contributed by atoms with Gasteiger partial charge in [-0.2, -0.15) is 0 Å². The highest BCUT2D eigenvalue weighted by Crippen LogP contribution is 2.25. The summed E-state index contributed by atoms with van der Waals surface area (Å²) >= 11 is 0. The molecule has 0 aromatic rings. The van der Waals surface area contributed by atoms with Gasteiger partial charge in [-0.25, -0.2) is 0 Å². The highest BCUT2D eigenvalue weighted by molar-refractivity contribution is 4.92. The highest BCUT2D eigenvalue weighted by atomic mass is 16.3. The van der Waals surface area contributed by atoms with Crippen LogP contribution in [0.25, 0.3) is 0 Å². The zero-order valence-corrected chi connectivity index (χ0v) is 8.58. The molecule has 0 spiro atoms. The van der Waals surface area contributed by atoms with Gasteiger partial charge in [-0.3, -0.25) is 0 Å². The van der Waals surface area contributed by atoms with E-state index in [0.717, 1.165) is 6.42 Å². The van der Waals surface area contributed by atoms with E-state index in [4.69, 9.17) is 6.42 Å². The third-order valence-corrected chi connectivity index (χ3v) is 2.39. The van der Waals surface area contributed by atoms with E-state index in [2.05, 4.69) is 5.92 Å².